The summed E-state index contributed by atoms with van der Waals surface area (Å²) in [6, 6.07) is 12.3. The van der Waals surface area contributed by atoms with Gasteiger partial charge in [0, 0.05) is 13.1 Å². The number of methoxy groups -OCH3 is 1. The van der Waals surface area contributed by atoms with Gasteiger partial charge >= 0.3 is 5.97 Å². The van der Waals surface area contributed by atoms with Crippen molar-refractivity contribution in [3.63, 3.8) is 0 Å². The highest BCUT2D eigenvalue weighted by Gasteiger charge is 2.02. The minimum Gasteiger partial charge on any atom is -0.497 e. The molecule has 0 aromatic heterocycles. The first-order chi connectivity index (χ1) is 10.2. The van der Waals surface area contributed by atoms with Crippen LogP contribution in [0, 0.1) is 0 Å². The van der Waals surface area contributed by atoms with E-state index in [1.807, 2.05) is 19.1 Å². The number of fused-ring (bicyclic) bond motifs is 1. The van der Waals surface area contributed by atoms with Crippen LogP contribution in [-0.4, -0.2) is 26.2 Å². The summed E-state index contributed by atoms with van der Waals surface area (Å²) in [7, 11) is 1.67. The molecule has 0 aliphatic carbocycles. The van der Waals surface area contributed by atoms with Gasteiger partial charge in [-0.3, -0.25) is 4.79 Å². The molecule has 0 spiro atoms. The summed E-state index contributed by atoms with van der Waals surface area (Å²) in [4.78, 5) is 11.2. The molecule has 0 amide bonds. The molecule has 2 aromatic carbocycles. The molecule has 0 radical (unpaired) electrons. The molecule has 0 atom stereocenters. The van der Waals surface area contributed by atoms with Gasteiger partial charge < -0.3 is 14.8 Å². The number of esters is 1. The van der Waals surface area contributed by atoms with Crippen LogP contribution in [0.4, 0.5) is 0 Å². The van der Waals surface area contributed by atoms with Gasteiger partial charge in [0.15, 0.2) is 0 Å². The van der Waals surface area contributed by atoms with E-state index in [4.69, 9.17) is 9.47 Å². The SMILES string of the molecule is CCOC(=O)CCNCc1ccc2cc(OC)ccc2c1. The standard InChI is InChI=1S/C17H21NO3/c1-3-21-17(19)8-9-18-12-13-4-5-15-11-16(20-2)7-6-14(15)10-13/h4-7,10-11,18H,3,8-9,12H2,1-2H3. The smallest absolute Gasteiger partial charge is 0.307 e. The fourth-order valence-electron chi connectivity index (χ4n) is 2.17. The number of carbonyl (C=O) groups excluding carboxylic acids is 1. The molecule has 0 saturated heterocycles. The van der Waals surface area contributed by atoms with Crippen molar-refractivity contribution in [2.75, 3.05) is 20.3 Å². The van der Waals surface area contributed by atoms with Crippen LogP contribution < -0.4 is 10.1 Å². The first-order valence-corrected chi connectivity index (χ1v) is 7.16. The van der Waals surface area contributed by atoms with Crippen molar-refractivity contribution in [2.24, 2.45) is 0 Å². The molecule has 4 heteroatoms. The Labute approximate surface area is 125 Å². The minimum atomic E-state index is -0.157. The lowest BCUT2D eigenvalue weighted by molar-refractivity contribution is -0.142. The molecular weight excluding hydrogens is 266 g/mol. The Morgan fingerprint density at radius 1 is 1.14 bits per heavy atom. The molecule has 112 valence electrons. The predicted octanol–water partition coefficient (Wildman–Crippen LogP) is 2.89. The normalized spacial score (nSPS) is 10.6. The van der Waals surface area contributed by atoms with Gasteiger partial charge in [-0.25, -0.2) is 0 Å². The lowest BCUT2D eigenvalue weighted by Gasteiger charge is -2.07. The molecule has 0 saturated carbocycles. The zero-order valence-electron chi connectivity index (χ0n) is 12.5. The highest BCUT2D eigenvalue weighted by Crippen LogP contribution is 2.21. The monoisotopic (exact) mass is 287 g/mol. The maximum Gasteiger partial charge on any atom is 0.307 e. The van der Waals surface area contributed by atoms with Gasteiger partial charge in [0.05, 0.1) is 20.1 Å². The Morgan fingerprint density at radius 2 is 1.90 bits per heavy atom. The zero-order valence-corrected chi connectivity index (χ0v) is 12.5. The molecule has 2 aromatic rings. The van der Waals surface area contributed by atoms with Crippen molar-refractivity contribution in [1.82, 2.24) is 5.32 Å². The minimum absolute atomic E-state index is 0.157. The summed E-state index contributed by atoms with van der Waals surface area (Å²) in [5, 5.41) is 5.59. The van der Waals surface area contributed by atoms with Crippen LogP contribution in [-0.2, 0) is 16.1 Å². The summed E-state index contributed by atoms with van der Waals surface area (Å²) in [5.41, 5.74) is 1.19. The molecule has 0 aliphatic rings. The maximum absolute atomic E-state index is 11.2. The summed E-state index contributed by atoms with van der Waals surface area (Å²) in [5.74, 6) is 0.707. The molecule has 0 fully saturated rings. The highest BCUT2D eigenvalue weighted by molar-refractivity contribution is 5.84. The van der Waals surface area contributed by atoms with E-state index >= 15 is 0 Å². The topological polar surface area (TPSA) is 47.6 Å². The second-order valence-corrected chi connectivity index (χ2v) is 4.78. The molecule has 0 heterocycles. The van der Waals surface area contributed by atoms with Gasteiger partial charge in [-0.1, -0.05) is 18.2 Å². The Hall–Kier alpha value is -2.07. The Balaban J connectivity index is 1.89. The molecule has 2 rings (SSSR count). The van der Waals surface area contributed by atoms with Crippen molar-refractivity contribution in [1.29, 1.82) is 0 Å². The number of hydrogen-bond donors (Lipinski definition) is 1. The predicted molar refractivity (Wildman–Crippen MR) is 83.5 cm³/mol. The highest BCUT2D eigenvalue weighted by atomic mass is 16.5. The second kappa shape index (κ2) is 7.64. The van der Waals surface area contributed by atoms with Crippen LogP contribution in [0.25, 0.3) is 10.8 Å². The molecule has 4 nitrogen and oxygen atoms in total. The van der Waals surface area contributed by atoms with E-state index in [9.17, 15) is 4.79 Å². The van der Waals surface area contributed by atoms with Crippen LogP contribution in [0.1, 0.15) is 18.9 Å². The Kier molecular flexibility index (Phi) is 5.58. The van der Waals surface area contributed by atoms with Crippen LogP contribution in [0.5, 0.6) is 5.75 Å². The third-order valence-corrected chi connectivity index (χ3v) is 3.25. The third kappa shape index (κ3) is 4.46. The summed E-state index contributed by atoms with van der Waals surface area (Å²) >= 11 is 0. The molecule has 1 N–H and O–H groups in total. The van der Waals surface area contributed by atoms with Crippen molar-refractivity contribution < 1.29 is 14.3 Å². The quantitative estimate of drug-likeness (QED) is 0.628. The second-order valence-electron chi connectivity index (χ2n) is 4.78. The first-order valence-electron chi connectivity index (χ1n) is 7.16. The Morgan fingerprint density at radius 3 is 2.67 bits per heavy atom. The first kappa shape index (κ1) is 15.3. The van der Waals surface area contributed by atoms with Crippen LogP contribution in [0.2, 0.25) is 0 Å². The van der Waals surface area contributed by atoms with Gasteiger partial charge in [-0.15, -0.1) is 0 Å². The van der Waals surface area contributed by atoms with E-state index in [-0.39, 0.29) is 5.97 Å². The van der Waals surface area contributed by atoms with Gasteiger partial charge in [-0.2, -0.15) is 0 Å². The van der Waals surface area contributed by atoms with Gasteiger partial charge in [-0.05, 0) is 41.5 Å². The van der Waals surface area contributed by atoms with Crippen LogP contribution in [0.15, 0.2) is 36.4 Å². The zero-order chi connectivity index (χ0) is 15.1. The Bertz CT molecular complexity index is 610. The van der Waals surface area contributed by atoms with E-state index in [0.29, 0.717) is 19.6 Å². The van der Waals surface area contributed by atoms with Crippen molar-refractivity contribution in [3.05, 3.63) is 42.0 Å². The van der Waals surface area contributed by atoms with Crippen molar-refractivity contribution >= 4 is 16.7 Å². The van der Waals surface area contributed by atoms with Gasteiger partial charge in [0.25, 0.3) is 0 Å². The summed E-state index contributed by atoms with van der Waals surface area (Å²) in [6.07, 6.45) is 0.401. The number of ether oxygens (including phenoxy) is 2. The molecule has 0 aliphatic heterocycles. The number of benzene rings is 2. The summed E-state index contributed by atoms with van der Waals surface area (Å²) in [6.45, 7) is 3.61. The number of nitrogens with one attached hydrogen (secondary N) is 1. The van der Waals surface area contributed by atoms with Crippen LogP contribution >= 0.6 is 0 Å². The van der Waals surface area contributed by atoms with E-state index in [0.717, 1.165) is 17.7 Å². The van der Waals surface area contributed by atoms with Gasteiger partial charge in [0.1, 0.15) is 5.75 Å². The van der Waals surface area contributed by atoms with Crippen molar-refractivity contribution in [2.45, 2.75) is 19.9 Å². The van der Waals surface area contributed by atoms with E-state index in [1.54, 1.807) is 7.11 Å². The largest absolute Gasteiger partial charge is 0.497 e. The number of carbonyl (C=O) groups is 1. The number of hydrogen-bond acceptors (Lipinski definition) is 4. The van der Waals surface area contributed by atoms with Gasteiger partial charge in [0.2, 0.25) is 0 Å². The fraction of sp³-hybridized carbons (Fsp3) is 0.353. The maximum atomic E-state index is 11.2. The van der Waals surface area contributed by atoms with E-state index in [1.165, 1.54) is 10.9 Å². The molecule has 0 unspecified atom stereocenters. The van der Waals surface area contributed by atoms with E-state index in [2.05, 4.69) is 29.6 Å². The summed E-state index contributed by atoms with van der Waals surface area (Å²) < 4.78 is 10.1. The number of rotatable bonds is 7. The fourth-order valence-corrected chi connectivity index (χ4v) is 2.17. The van der Waals surface area contributed by atoms with E-state index < -0.39 is 0 Å². The average Bonchev–Trinajstić information content (AvgIpc) is 2.51. The third-order valence-electron chi connectivity index (χ3n) is 3.25. The average molecular weight is 287 g/mol. The lowest BCUT2D eigenvalue weighted by atomic mass is 10.1. The molecule has 0 bridgehead atoms. The molecule has 21 heavy (non-hydrogen) atoms. The lowest BCUT2D eigenvalue weighted by Crippen LogP contribution is -2.19. The van der Waals surface area contributed by atoms with Crippen molar-refractivity contribution in [3.8, 4) is 5.75 Å². The van der Waals surface area contributed by atoms with Crippen LogP contribution in [0.3, 0.4) is 0 Å². The molecular formula is C17H21NO3.